The van der Waals surface area contributed by atoms with Crippen molar-refractivity contribution in [3.63, 3.8) is 0 Å². The Morgan fingerprint density at radius 2 is 2.18 bits per heavy atom. The standard InChI is InChI=1S/C13H14N2O2/c1-8-12(11-7-14-13(16)17-11)9-5-3-4-6-10(9)15(8)2/h3-6,11H,7H2,1-2H3,(H,14,16). The molecule has 0 radical (unpaired) electrons. The van der Waals surface area contributed by atoms with Gasteiger partial charge in [0.05, 0.1) is 6.54 Å². The third-order valence-corrected chi connectivity index (χ3v) is 3.45. The number of aromatic nitrogens is 1. The normalized spacial score (nSPS) is 19.4. The fourth-order valence-electron chi connectivity index (χ4n) is 2.51. The van der Waals surface area contributed by atoms with Gasteiger partial charge in [0.15, 0.2) is 0 Å². The van der Waals surface area contributed by atoms with E-state index in [9.17, 15) is 4.79 Å². The predicted molar refractivity (Wildman–Crippen MR) is 64.9 cm³/mol. The molecule has 3 rings (SSSR count). The maximum Gasteiger partial charge on any atom is 0.407 e. The van der Waals surface area contributed by atoms with Gasteiger partial charge in [0.2, 0.25) is 0 Å². The number of aryl methyl sites for hydroxylation is 1. The van der Waals surface area contributed by atoms with Crippen LogP contribution in [0.3, 0.4) is 0 Å². The highest BCUT2D eigenvalue weighted by atomic mass is 16.6. The SMILES string of the molecule is Cc1c(C2CNC(=O)O2)c2ccccc2n1C. The Morgan fingerprint density at radius 3 is 2.88 bits per heavy atom. The number of carbonyl (C=O) groups is 1. The summed E-state index contributed by atoms with van der Waals surface area (Å²) in [5.41, 5.74) is 3.43. The summed E-state index contributed by atoms with van der Waals surface area (Å²) in [7, 11) is 2.03. The highest BCUT2D eigenvalue weighted by molar-refractivity contribution is 5.86. The number of nitrogens with zero attached hydrogens (tertiary/aromatic N) is 1. The van der Waals surface area contributed by atoms with Crippen molar-refractivity contribution in [1.82, 2.24) is 9.88 Å². The molecule has 1 saturated heterocycles. The van der Waals surface area contributed by atoms with Crippen LogP contribution in [-0.4, -0.2) is 17.2 Å². The van der Waals surface area contributed by atoms with Gasteiger partial charge >= 0.3 is 6.09 Å². The lowest BCUT2D eigenvalue weighted by atomic mass is 10.1. The van der Waals surface area contributed by atoms with Crippen molar-refractivity contribution in [1.29, 1.82) is 0 Å². The fraction of sp³-hybridized carbons (Fsp3) is 0.308. The summed E-state index contributed by atoms with van der Waals surface area (Å²) in [6.07, 6.45) is -0.504. The number of alkyl carbamates (subject to hydrolysis) is 1. The van der Waals surface area contributed by atoms with Gasteiger partial charge in [-0.05, 0) is 13.0 Å². The minimum Gasteiger partial charge on any atom is -0.439 e. The summed E-state index contributed by atoms with van der Waals surface area (Å²) in [5.74, 6) is 0. The number of amides is 1. The molecule has 1 amide bonds. The van der Waals surface area contributed by atoms with Crippen LogP contribution in [0.2, 0.25) is 0 Å². The zero-order valence-electron chi connectivity index (χ0n) is 9.86. The molecular formula is C13H14N2O2. The first kappa shape index (κ1) is 10.2. The molecule has 1 aliphatic rings. The average Bonchev–Trinajstić information content (AvgIpc) is 2.84. The molecule has 2 heterocycles. The van der Waals surface area contributed by atoms with Crippen LogP contribution in [0.25, 0.3) is 10.9 Å². The molecule has 17 heavy (non-hydrogen) atoms. The monoisotopic (exact) mass is 230 g/mol. The second-order valence-electron chi connectivity index (χ2n) is 4.35. The lowest BCUT2D eigenvalue weighted by Crippen LogP contribution is -2.12. The van der Waals surface area contributed by atoms with Gasteiger partial charge in [0.25, 0.3) is 0 Å². The quantitative estimate of drug-likeness (QED) is 0.816. The van der Waals surface area contributed by atoms with Crippen molar-refractivity contribution in [2.75, 3.05) is 6.54 Å². The van der Waals surface area contributed by atoms with E-state index in [0.717, 1.165) is 16.6 Å². The number of benzene rings is 1. The lowest BCUT2D eigenvalue weighted by Gasteiger charge is -2.08. The number of cyclic esters (lactones) is 1. The van der Waals surface area contributed by atoms with Crippen LogP contribution in [0.15, 0.2) is 24.3 Å². The van der Waals surface area contributed by atoms with Crippen LogP contribution in [0.1, 0.15) is 17.4 Å². The van der Waals surface area contributed by atoms with Gasteiger partial charge in [0, 0.05) is 29.2 Å². The Hall–Kier alpha value is -1.97. The van der Waals surface area contributed by atoms with Crippen LogP contribution in [0, 0.1) is 6.92 Å². The largest absolute Gasteiger partial charge is 0.439 e. The Bertz CT molecular complexity index is 601. The number of ether oxygens (including phenoxy) is 1. The molecule has 1 atom stereocenters. The molecule has 4 nitrogen and oxygen atoms in total. The third kappa shape index (κ3) is 1.40. The Labute approximate surface area is 99.2 Å². The Morgan fingerprint density at radius 1 is 1.41 bits per heavy atom. The summed E-state index contributed by atoms with van der Waals surface area (Å²) >= 11 is 0. The van der Waals surface area contributed by atoms with E-state index in [1.807, 2.05) is 19.2 Å². The number of fused-ring (bicyclic) bond motifs is 1. The highest BCUT2D eigenvalue weighted by Crippen LogP contribution is 2.33. The predicted octanol–water partition coefficient (Wildman–Crippen LogP) is 2.27. The second kappa shape index (κ2) is 3.52. The summed E-state index contributed by atoms with van der Waals surface area (Å²) in [6, 6.07) is 8.18. The van der Waals surface area contributed by atoms with Crippen LogP contribution in [0.4, 0.5) is 4.79 Å². The summed E-state index contributed by atoms with van der Waals surface area (Å²) in [4.78, 5) is 11.1. The second-order valence-corrected chi connectivity index (χ2v) is 4.35. The molecule has 0 saturated carbocycles. The van der Waals surface area contributed by atoms with E-state index in [1.54, 1.807) is 0 Å². The molecule has 1 aliphatic heterocycles. The highest BCUT2D eigenvalue weighted by Gasteiger charge is 2.28. The van der Waals surface area contributed by atoms with Gasteiger partial charge in [-0.3, -0.25) is 0 Å². The topological polar surface area (TPSA) is 43.3 Å². The van der Waals surface area contributed by atoms with E-state index in [2.05, 4.69) is 28.9 Å². The molecule has 1 aromatic heterocycles. The minimum atomic E-state index is -0.331. The van der Waals surface area contributed by atoms with Crippen molar-refractivity contribution < 1.29 is 9.53 Å². The molecule has 1 fully saturated rings. The molecular weight excluding hydrogens is 216 g/mol. The van der Waals surface area contributed by atoms with Gasteiger partial charge < -0.3 is 14.6 Å². The number of nitrogens with one attached hydrogen (secondary N) is 1. The van der Waals surface area contributed by atoms with Gasteiger partial charge in [-0.1, -0.05) is 18.2 Å². The van der Waals surface area contributed by atoms with E-state index < -0.39 is 0 Å². The number of carbonyl (C=O) groups excluding carboxylic acids is 1. The van der Waals surface area contributed by atoms with E-state index in [0.29, 0.717) is 6.54 Å². The molecule has 1 unspecified atom stereocenters. The lowest BCUT2D eigenvalue weighted by molar-refractivity contribution is 0.141. The average molecular weight is 230 g/mol. The van der Waals surface area contributed by atoms with E-state index in [-0.39, 0.29) is 12.2 Å². The maximum absolute atomic E-state index is 11.1. The van der Waals surface area contributed by atoms with Gasteiger partial charge in [-0.2, -0.15) is 0 Å². The number of para-hydroxylation sites is 1. The first-order valence-corrected chi connectivity index (χ1v) is 5.67. The summed E-state index contributed by atoms with van der Waals surface area (Å²) < 4.78 is 7.42. The molecule has 0 bridgehead atoms. The summed E-state index contributed by atoms with van der Waals surface area (Å²) in [6.45, 7) is 2.61. The molecule has 1 N–H and O–H groups in total. The van der Waals surface area contributed by atoms with Crippen molar-refractivity contribution in [3.05, 3.63) is 35.5 Å². The molecule has 4 heteroatoms. The van der Waals surface area contributed by atoms with E-state index in [1.165, 1.54) is 5.52 Å². The number of hydrogen-bond acceptors (Lipinski definition) is 2. The molecule has 1 aromatic carbocycles. The zero-order chi connectivity index (χ0) is 12.0. The van der Waals surface area contributed by atoms with Crippen LogP contribution >= 0.6 is 0 Å². The van der Waals surface area contributed by atoms with E-state index >= 15 is 0 Å². The van der Waals surface area contributed by atoms with E-state index in [4.69, 9.17) is 4.74 Å². The minimum absolute atomic E-state index is 0.173. The molecule has 2 aromatic rings. The smallest absolute Gasteiger partial charge is 0.407 e. The van der Waals surface area contributed by atoms with Crippen LogP contribution in [-0.2, 0) is 11.8 Å². The van der Waals surface area contributed by atoms with Gasteiger partial charge in [0.1, 0.15) is 6.10 Å². The Kier molecular flexibility index (Phi) is 2.11. The Balaban J connectivity index is 2.22. The van der Waals surface area contributed by atoms with Gasteiger partial charge in [-0.15, -0.1) is 0 Å². The van der Waals surface area contributed by atoms with Crippen molar-refractivity contribution in [3.8, 4) is 0 Å². The van der Waals surface area contributed by atoms with Gasteiger partial charge in [-0.25, -0.2) is 4.79 Å². The van der Waals surface area contributed by atoms with Crippen molar-refractivity contribution >= 4 is 17.0 Å². The zero-order valence-corrected chi connectivity index (χ0v) is 9.86. The maximum atomic E-state index is 11.1. The molecule has 88 valence electrons. The first-order chi connectivity index (χ1) is 8.18. The van der Waals surface area contributed by atoms with Crippen molar-refractivity contribution in [2.45, 2.75) is 13.0 Å². The van der Waals surface area contributed by atoms with Crippen LogP contribution < -0.4 is 5.32 Å². The fourth-order valence-corrected chi connectivity index (χ4v) is 2.51. The first-order valence-electron chi connectivity index (χ1n) is 5.67. The number of rotatable bonds is 1. The summed E-state index contributed by atoms with van der Waals surface area (Å²) in [5, 5.41) is 3.86. The number of hydrogen-bond donors (Lipinski definition) is 1. The molecule has 0 spiro atoms. The van der Waals surface area contributed by atoms with Crippen LogP contribution in [0.5, 0.6) is 0 Å². The van der Waals surface area contributed by atoms with Crippen molar-refractivity contribution in [2.24, 2.45) is 7.05 Å². The third-order valence-electron chi connectivity index (χ3n) is 3.45. The molecule has 0 aliphatic carbocycles.